The minimum absolute atomic E-state index is 0.0825. The SMILES string of the molecule is C[C@@H]1Cc2nn3c(c2CN1C(=O)c1ccc(Cl)c(C#N)c1)C(=O)N(Cc1ccc2nccn2c1)CC3. The van der Waals surface area contributed by atoms with E-state index in [4.69, 9.17) is 16.7 Å². The van der Waals surface area contributed by atoms with E-state index in [0.29, 0.717) is 42.3 Å². The fraction of sp³-hybridized carbons (Fsp3) is 0.269. The number of rotatable bonds is 3. The van der Waals surface area contributed by atoms with Gasteiger partial charge in [0.2, 0.25) is 0 Å². The van der Waals surface area contributed by atoms with E-state index in [1.165, 1.54) is 6.07 Å². The number of nitrogens with zero attached hydrogens (tertiary/aromatic N) is 7. The fourth-order valence-corrected chi connectivity index (χ4v) is 5.24. The molecule has 10 heteroatoms. The van der Waals surface area contributed by atoms with Crippen LogP contribution < -0.4 is 0 Å². The molecular formula is C26H22ClN7O2. The Morgan fingerprint density at radius 1 is 1.25 bits per heavy atom. The van der Waals surface area contributed by atoms with Crippen LogP contribution in [0.25, 0.3) is 5.65 Å². The molecule has 0 radical (unpaired) electrons. The minimum atomic E-state index is -0.199. The molecule has 2 amide bonds. The van der Waals surface area contributed by atoms with Crippen molar-refractivity contribution in [3.8, 4) is 6.07 Å². The molecule has 2 aliphatic heterocycles. The maximum absolute atomic E-state index is 13.6. The van der Waals surface area contributed by atoms with Crippen LogP contribution in [0.3, 0.4) is 0 Å². The van der Waals surface area contributed by atoms with Crippen LogP contribution >= 0.6 is 11.6 Å². The van der Waals surface area contributed by atoms with Crippen LogP contribution in [0.1, 0.15) is 50.2 Å². The van der Waals surface area contributed by atoms with Crippen molar-refractivity contribution in [2.75, 3.05) is 6.54 Å². The van der Waals surface area contributed by atoms with Gasteiger partial charge in [0.15, 0.2) is 0 Å². The second-order valence-electron chi connectivity index (χ2n) is 9.25. The molecule has 0 spiro atoms. The van der Waals surface area contributed by atoms with Crippen molar-refractivity contribution in [3.05, 3.63) is 87.6 Å². The molecule has 0 N–H and O–H groups in total. The molecule has 0 aliphatic carbocycles. The Labute approximate surface area is 212 Å². The highest BCUT2D eigenvalue weighted by Gasteiger charge is 2.37. The zero-order valence-electron chi connectivity index (χ0n) is 19.6. The van der Waals surface area contributed by atoms with E-state index < -0.39 is 0 Å². The predicted molar refractivity (Wildman–Crippen MR) is 131 cm³/mol. The normalized spacial score (nSPS) is 17.1. The van der Waals surface area contributed by atoms with Crippen molar-refractivity contribution in [2.24, 2.45) is 0 Å². The van der Waals surface area contributed by atoms with Crippen LogP contribution in [0.5, 0.6) is 0 Å². The first-order valence-electron chi connectivity index (χ1n) is 11.7. The molecule has 3 aromatic heterocycles. The molecule has 5 heterocycles. The summed E-state index contributed by atoms with van der Waals surface area (Å²) in [6.45, 7) is 3.91. The number of benzene rings is 1. The van der Waals surface area contributed by atoms with E-state index in [0.717, 1.165) is 22.5 Å². The number of nitriles is 1. The lowest BCUT2D eigenvalue weighted by Gasteiger charge is -2.34. The van der Waals surface area contributed by atoms with Crippen molar-refractivity contribution in [1.82, 2.24) is 29.0 Å². The Morgan fingerprint density at radius 3 is 2.94 bits per heavy atom. The summed E-state index contributed by atoms with van der Waals surface area (Å²) in [4.78, 5) is 34.9. The summed E-state index contributed by atoms with van der Waals surface area (Å²) in [7, 11) is 0. The Hall–Kier alpha value is -4.16. The standard InChI is InChI=1S/C26H22ClN7O2/c1-16-10-22-20(15-33(16)25(35)18-3-4-21(27)19(11-18)12-28)24-26(36)32(8-9-34(24)30-22)14-17-2-5-23-29-6-7-31(23)13-17/h2-7,11,13,16H,8-10,14-15H2,1H3/t16-/m1/s1. The van der Waals surface area contributed by atoms with Gasteiger partial charge in [-0.3, -0.25) is 14.3 Å². The molecule has 9 nitrogen and oxygen atoms in total. The van der Waals surface area contributed by atoms with Crippen molar-refractivity contribution in [1.29, 1.82) is 5.26 Å². The average molecular weight is 500 g/mol. The summed E-state index contributed by atoms with van der Waals surface area (Å²) < 4.78 is 3.73. The summed E-state index contributed by atoms with van der Waals surface area (Å²) in [5, 5.41) is 14.3. The number of amides is 2. The molecule has 4 aromatic rings. The lowest BCUT2D eigenvalue weighted by molar-refractivity contribution is 0.0637. The van der Waals surface area contributed by atoms with Crippen LogP contribution in [0.2, 0.25) is 5.02 Å². The monoisotopic (exact) mass is 499 g/mol. The van der Waals surface area contributed by atoms with E-state index in [-0.39, 0.29) is 30.0 Å². The van der Waals surface area contributed by atoms with Gasteiger partial charge in [0, 0.05) is 55.3 Å². The van der Waals surface area contributed by atoms with Gasteiger partial charge in [0.05, 0.1) is 29.4 Å². The third kappa shape index (κ3) is 3.62. The van der Waals surface area contributed by atoms with Gasteiger partial charge in [-0.15, -0.1) is 0 Å². The second-order valence-corrected chi connectivity index (χ2v) is 9.65. The van der Waals surface area contributed by atoms with E-state index in [2.05, 4.69) is 4.98 Å². The Kier molecular flexibility index (Phi) is 5.27. The largest absolute Gasteiger partial charge is 0.331 e. The smallest absolute Gasteiger partial charge is 0.272 e. The van der Waals surface area contributed by atoms with Gasteiger partial charge in [-0.25, -0.2) is 4.98 Å². The fourth-order valence-electron chi connectivity index (χ4n) is 5.08. The van der Waals surface area contributed by atoms with E-state index >= 15 is 0 Å². The summed E-state index contributed by atoms with van der Waals surface area (Å²) in [6.07, 6.45) is 6.18. The number of carbonyl (C=O) groups excluding carboxylic acids is 2. The Bertz CT molecular complexity index is 1580. The van der Waals surface area contributed by atoms with Gasteiger partial charge in [0.25, 0.3) is 11.8 Å². The van der Waals surface area contributed by atoms with Gasteiger partial charge >= 0.3 is 0 Å². The highest BCUT2D eigenvalue weighted by Crippen LogP contribution is 2.30. The highest BCUT2D eigenvalue weighted by atomic mass is 35.5. The molecule has 0 fully saturated rings. The summed E-state index contributed by atoms with van der Waals surface area (Å²) in [6, 6.07) is 10.6. The second kappa shape index (κ2) is 8.50. The third-order valence-corrected chi connectivity index (χ3v) is 7.30. The van der Waals surface area contributed by atoms with Crippen LogP contribution in [0.15, 0.2) is 48.9 Å². The van der Waals surface area contributed by atoms with Gasteiger partial charge < -0.3 is 14.2 Å². The lowest BCUT2D eigenvalue weighted by Crippen LogP contribution is -2.44. The number of carbonyl (C=O) groups is 2. The average Bonchev–Trinajstić information content (AvgIpc) is 3.49. The van der Waals surface area contributed by atoms with Crippen LogP contribution in [0.4, 0.5) is 0 Å². The topological polar surface area (TPSA) is 99.5 Å². The molecule has 0 unspecified atom stereocenters. The van der Waals surface area contributed by atoms with Crippen molar-refractivity contribution < 1.29 is 9.59 Å². The van der Waals surface area contributed by atoms with Crippen LogP contribution in [-0.2, 0) is 26.1 Å². The highest BCUT2D eigenvalue weighted by molar-refractivity contribution is 6.31. The third-order valence-electron chi connectivity index (χ3n) is 6.97. The van der Waals surface area contributed by atoms with Gasteiger partial charge in [-0.05, 0) is 36.8 Å². The Morgan fingerprint density at radius 2 is 2.11 bits per heavy atom. The van der Waals surface area contributed by atoms with Gasteiger partial charge in [-0.2, -0.15) is 10.4 Å². The maximum atomic E-state index is 13.6. The van der Waals surface area contributed by atoms with Crippen molar-refractivity contribution in [3.63, 3.8) is 0 Å². The molecule has 180 valence electrons. The summed E-state index contributed by atoms with van der Waals surface area (Å²) in [5.41, 5.74) is 4.75. The maximum Gasteiger partial charge on any atom is 0.272 e. The zero-order valence-corrected chi connectivity index (χ0v) is 20.3. The summed E-state index contributed by atoms with van der Waals surface area (Å²) in [5.74, 6) is -0.282. The van der Waals surface area contributed by atoms with E-state index in [9.17, 15) is 14.9 Å². The number of pyridine rings is 1. The number of imidazole rings is 1. The first-order chi connectivity index (χ1) is 17.4. The van der Waals surface area contributed by atoms with Crippen molar-refractivity contribution >= 4 is 29.1 Å². The van der Waals surface area contributed by atoms with E-state index in [1.807, 2.05) is 46.8 Å². The molecule has 0 bridgehead atoms. The number of hydrogen-bond donors (Lipinski definition) is 0. The number of aromatic nitrogens is 4. The number of fused-ring (bicyclic) bond motifs is 4. The van der Waals surface area contributed by atoms with Crippen LogP contribution in [-0.4, -0.2) is 53.4 Å². The molecule has 1 atom stereocenters. The molecule has 0 saturated carbocycles. The molecule has 6 rings (SSSR count). The van der Waals surface area contributed by atoms with Gasteiger partial charge in [-0.1, -0.05) is 17.7 Å². The molecule has 1 aromatic carbocycles. The predicted octanol–water partition coefficient (Wildman–Crippen LogP) is 3.30. The number of halogens is 1. The molecule has 36 heavy (non-hydrogen) atoms. The molecule has 0 saturated heterocycles. The Balaban J connectivity index is 1.28. The quantitative estimate of drug-likeness (QED) is 0.430. The lowest BCUT2D eigenvalue weighted by atomic mass is 9.97. The zero-order chi connectivity index (χ0) is 25.0. The van der Waals surface area contributed by atoms with Crippen molar-refractivity contribution in [2.45, 2.75) is 39.0 Å². The molecular weight excluding hydrogens is 478 g/mol. The summed E-state index contributed by atoms with van der Waals surface area (Å²) >= 11 is 6.05. The van der Waals surface area contributed by atoms with E-state index in [1.54, 1.807) is 27.9 Å². The minimum Gasteiger partial charge on any atom is -0.331 e. The first kappa shape index (κ1) is 22.3. The van der Waals surface area contributed by atoms with Crippen LogP contribution in [0, 0.1) is 11.3 Å². The number of hydrogen-bond acceptors (Lipinski definition) is 5. The van der Waals surface area contributed by atoms with Gasteiger partial charge in [0.1, 0.15) is 17.4 Å². The first-order valence-corrected chi connectivity index (χ1v) is 12.1. The molecule has 2 aliphatic rings.